The van der Waals surface area contributed by atoms with E-state index in [2.05, 4.69) is 6.92 Å². The van der Waals surface area contributed by atoms with Crippen LogP contribution in [0, 0.1) is 40.4 Å². The van der Waals surface area contributed by atoms with Crippen LogP contribution in [0.4, 0.5) is 0 Å². The highest BCUT2D eigenvalue weighted by molar-refractivity contribution is 5.81. The lowest BCUT2D eigenvalue weighted by atomic mass is 9.50. The molecule has 2 atom stereocenters. The number of hydrogen-bond donors (Lipinski definition) is 0. The summed E-state index contributed by atoms with van der Waals surface area (Å²) in [5, 5.41) is 0. The largest absolute Gasteiger partial charge is 0.461 e. The Balaban J connectivity index is 1.70. The third-order valence-electron chi connectivity index (χ3n) is 9.22. The Bertz CT molecular complexity index is 738. The molecule has 5 nitrogen and oxygen atoms in total. The fourth-order valence-electron chi connectivity index (χ4n) is 6.99. The van der Waals surface area contributed by atoms with Crippen molar-refractivity contribution in [1.82, 2.24) is 0 Å². The Kier molecular flexibility index (Phi) is 7.42. The fourth-order valence-corrected chi connectivity index (χ4v) is 6.99. The zero-order valence-electron chi connectivity index (χ0n) is 22.2. The first-order valence-corrected chi connectivity index (χ1v) is 13.1. The topological polar surface area (TPSA) is 69.7 Å². The molecule has 0 heterocycles. The summed E-state index contributed by atoms with van der Waals surface area (Å²) in [5.74, 6) is 2.09. The molecule has 4 fully saturated rings. The van der Waals surface area contributed by atoms with Gasteiger partial charge in [0.15, 0.2) is 0 Å². The van der Waals surface area contributed by atoms with E-state index >= 15 is 0 Å². The van der Waals surface area contributed by atoms with Crippen LogP contribution in [0.15, 0.2) is 0 Å². The van der Waals surface area contributed by atoms with E-state index in [0.29, 0.717) is 24.7 Å². The summed E-state index contributed by atoms with van der Waals surface area (Å²) in [7, 11) is 0. The minimum absolute atomic E-state index is 0.00481. The SMILES string of the molecule is CCC(C)(CC(C)(C)C(=O)OC(CC(C)=O)C(C)C)C(=O)OC1(C)C2CC3CC(C2)CC1C3. The second-order valence-corrected chi connectivity index (χ2v) is 12.9. The average Bonchev–Trinajstić information content (AvgIpc) is 2.70. The van der Waals surface area contributed by atoms with E-state index in [0.717, 1.165) is 11.8 Å². The molecule has 4 aliphatic carbocycles. The summed E-state index contributed by atoms with van der Waals surface area (Å²) in [6, 6.07) is 0. The van der Waals surface area contributed by atoms with Crippen molar-refractivity contribution in [3.63, 3.8) is 0 Å². The number of rotatable bonds is 10. The van der Waals surface area contributed by atoms with Gasteiger partial charge in [-0.3, -0.25) is 14.4 Å². The van der Waals surface area contributed by atoms with Gasteiger partial charge in [0.1, 0.15) is 17.5 Å². The highest BCUT2D eigenvalue weighted by atomic mass is 16.6. The first-order valence-electron chi connectivity index (χ1n) is 13.1. The van der Waals surface area contributed by atoms with Crippen LogP contribution in [0.3, 0.4) is 0 Å². The molecule has 33 heavy (non-hydrogen) atoms. The van der Waals surface area contributed by atoms with E-state index in [1.807, 2.05) is 41.5 Å². The second kappa shape index (κ2) is 9.34. The maximum atomic E-state index is 13.7. The van der Waals surface area contributed by atoms with E-state index in [9.17, 15) is 14.4 Å². The van der Waals surface area contributed by atoms with E-state index < -0.39 is 16.9 Å². The first kappa shape index (κ1) is 26.2. The Labute approximate surface area is 200 Å². The number of esters is 2. The zero-order valence-corrected chi connectivity index (χ0v) is 22.2. The van der Waals surface area contributed by atoms with Crippen LogP contribution in [0.5, 0.6) is 0 Å². The molecule has 0 spiro atoms. The number of Topliss-reactive ketones (excluding diaryl/α,β-unsaturated/α-hetero) is 1. The highest BCUT2D eigenvalue weighted by Crippen LogP contribution is 2.60. The minimum atomic E-state index is -0.862. The number of ketones is 1. The van der Waals surface area contributed by atoms with Gasteiger partial charge in [0, 0.05) is 6.42 Å². The van der Waals surface area contributed by atoms with Gasteiger partial charge in [0.05, 0.1) is 10.8 Å². The van der Waals surface area contributed by atoms with Crippen molar-refractivity contribution >= 4 is 17.7 Å². The summed E-state index contributed by atoms with van der Waals surface area (Å²) in [6.45, 7) is 15.2. The van der Waals surface area contributed by atoms with Crippen molar-refractivity contribution in [2.45, 2.75) is 118 Å². The fraction of sp³-hybridized carbons (Fsp3) is 0.893. The molecule has 4 saturated carbocycles. The van der Waals surface area contributed by atoms with Gasteiger partial charge in [-0.2, -0.15) is 0 Å². The summed E-state index contributed by atoms with van der Waals surface area (Å²) in [4.78, 5) is 38.4. The molecular formula is C28H46O5. The molecule has 0 aromatic carbocycles. The molecule has 188 valence electrons. The van der Waals surface area contributed by atoms with Crippen LogP contribution < -0.4 is 0 Å². The van der Waals surface area contributed by atoms with Gasteiger partial charge in [-0.05, 0) is 109 Å². The van der Waals surface area contributed by atoms with E-state index in [1.54, 1.807) is 0 Å². The van der Waals surface area contributed by atoms with Crippen LogP contribution in [-0.2, 0) is 23.9 Å². The monoisotopic (exact) mass is 462 g/mol. The molecule has 4 aliphatic rings. The Hall–Kier alpha value is -1.39. The molecule has 4 rings (SSSR count). The van der Waals surface area contributed by atoms with Crippen molar-refractivity contribution in [1.29, 1.82) is 0 Å². The van der Waals surface area contributed by atoms with Gasteiger partial charge in [-0.1, -0.05) is 20.8 Å². The molecule has 2 unspecified atom stereocenters. The molecule has 0 saturated heterocycles. The van der Waals surface area contributed by atoms with Gasteiger partial charge in [0.2, 0.25) is 0 Å². The predicted molar refractivity (Wildman–Crippen MR) is 128 cm³/mol. The van der Waals surface area contributed by atoms with E-state index in [-0.39, 0.29) is 35.7 Å². The van der Waals surface area contributed by atoms with Crippen molar-refractivity contribution < 1.29 is 23.9 Å². The molecule has 0 radical (unpaired) electrons. The van der Waals surface area contributed by atoms with Gasteiger partial charge < -0.3 is 9.47 Å². The summed E-state index contributed by atoms with van der Waals surface area (Å²) >= 11 is 0. The smallest absolute Gasteiger partial charge is 0.312 e. The molecule has 0 N–H and O–H groups in total. The summed E-state index contributed by atoms with van der Waals surface area (Å²) in [5.41, 5.74) is -2.01. The lowest BCUT2D eigenvalue weighted by molar-refractivity contribution is -0.213. The summed E-state index contributed by atoms with van der Waals surface area (Å²) in [6.07, 6.45) is 6.83. The maximum Gasteiger partial charge on any atom is 0.312 e. The molecule has 0 aromatic heterocycles. The zero-order chi connectivity index (χ0) is 24.8. The van der Waals surface area contributed by atoms with Gasteiger partial charge in [-0.25, -0.2) is 0 Å². The summed E-state index contributed by atoms with van der Waals surface area (Å²) < 4.78 is 12.2. The van der Waals surface area contributed by atoms with Crippen molar-refractivity contribution in [2.75, 3.05) is 0 Å². The van der Waals surface area contributed by atoms with Crippen LogP contribution in [-0.4, -0.2) is 29.4 Å². The molecule has 5 heteroatoms. The Morgan fingerprint density at radius 3 is 1.88 bits per heavy atom. The van der Waals surface area contributed by atoms with E-state index in [1.165, 1.54) is 39.0 Å². The normalized spacial score (nSPS) is 33.5. The third-order valence-corrected chi connectivity index (χ3v) is 9.22. The molecule has 0 aliphatic heterocycles. The molecular weight excluding hydrogens is 416 g/mol. The lowest BCUT2D eigenvalue weighted by Gasteiger charge is -2.59. The van der Waals surface area contributed by atoms with Gasteiger partial charge in [-0.15, -0.1) is 0 Å². The van der Waals surface area contributed by atoms with Gasteiger partial charge in [0.25, 0.3) is 0 Å². The average molecular weight is 463 g/mol. The van der Waals surface area contributed by atoms with Crippen LogP contribution in [0.25, 0.3) is 0 Å². The predicted octanol–water partition coefficient (Wildman–Crippen LogP) is 6.12. The number of ether oxygens (including phenoxy) is 2. The maximum absolute atomic E-state index is 13.7. The number of carbonyl (C=O) groups excluding carboxylic acids is 3. The molecule has 4 bridgehead atoms. The quantitative estimate of drug-likeness (QED) is 0.366. The molecule has 0 amide bonds. The van der Waals surface area contributed by atoms with Crippen molar-refractivity contribution in [3.8, 4) is 0 Å². The minimum Gasteiger partial charge on any atom is -0.461 e. The third kappa shape index (κ3) is 5.32. The second-order valence-electron chi connectivity index (χ2n) is 12.9. The number of hydrogen-bond acceptors (Lipinski definition) is 5. The standard InChI is InChI=1S/C28H46O5/c1-9-27(7,16-26(5,6)24(30)32-23(17(2)3)10-18(4)29)25(31)33-28(8)21-12-19-11-20(14-21)15-22(28)13-19/h17,19-23H,9-16H2,1-8H3. The highest BCUT2D eigenvalue weighted by Gasteiger charge is 2.58. The first-order chi connectivity index (χ1) is 15.2. The van der Waals surface area contributed by atoms with Gasteiger partial charge >= 0.3 is 11.9 Å². The lowest BCUT2D eigenvalue weighted by Crippen LogP contribution is -2.59. The Morgan fingerprint density at radius 1 is 0.939 bits per heavy atom. The van der Waals surface area contributed by atoms with Crippen molar-refractivity contribution in [3.05, 3.63) is 0 Å². The van der Waals surface area contributed by atoms with E-state index in [4.69, 9.17) is 9.47 Å². The van der Waals surface area contributed by atoms with Crippen LogP contribution in [0.2, 0.25) is 0 Å². The van der Waals surface area contributed by atoms with Crippen LogP contribution in [0.1, 0.15) is 107 Å². The number of carbonyl (C=O) groups is 3. The molecule has 0 aromatic rings. The van der Waals surface area contributed by atoms with Crippen molar-refractivity contribution in [2.24, 2.45) is 40.4 Å². The van der Waals surface area contributed by atoms with Crippen LogP contribution >= 0.6 is 0 Å². The Morgan fingerprint density at radius 2 is 1.45 bits per heavy atom.